The molecule has 16 heteroatoms. The number of hydrogen-bond acceptors (Lipinski definition) is 12. The fourth-order valence-electron chi connectivity index (χ4n) is 7.27. The number of anilines is 1. The number of benzene rings is 2. The molecule has 3 heterocycles. The van der Waals surface area contributed by atoms with Crippen molar-refractivity contribution in [2.24, 2.45) is 10.8 Å². The van der Waals surface area contributed by atoms with Crippen molar-refractivity contribution in [1.29, 1.82) is 0 Å². The minimum Gasteiger partial charge on any atom is -0.507 e. The Morgan fingerprint density at radius 1 is 1.07 bits per heavy atom. The van der Waals surface area contributed by atoms with Crippen LogP contribution in [0.25, 0.3) is 21.7 Å². The standard InChI is InChI=1S/C43H52N8O7S/c1-25-37(59-24-46-25)27-12-10-26(11-13-27)22-45-40(56)32-18-29(52)23-51(32)41(57)38(42(2,3)4)48-36(55)15-14-35(54)47-28-20-43(5,21-28)16-17-58-34-19-31(49-50-39(34)44)30-8-6-7-9-33(30)53/h6-13,19-20,24,29,32,38,52-53H,14-18,21-23H2,1-5H3,(H2,44,50)(H,45,56)(H,47,54)(H,48,55)/t29-,32+,38-,43?/m1/s1. The van der Waals surface area contributed by atoms with Gasteiger partial charge in [-0.3, -0.25) is 19.2 Å². The van der Waals surface area contributed by atoms with Crippen LogP contribution in [0.2, 0.25) is 0 Å². The SMILES string of the molecule is Cc1ncsc1-c1ccc(CNC(=O)[C@@H]2C[C@@H](O)CN2C(=O)[C@@H](NC(=O)CCC(=O)NC2=CC(C)(CCOc3cc(-c4ccccc4O)nnc3N)C2)C(C)(C)C)cc1. The number of aromatic hydroxyl groups is 1. The van der Waals surface area contributed by atoms with Crippen LogP contribution in [-0.2, 0) is 25.7 Å². The number of amides is 4. The third-order valence-electron chi connectivity index (χ3n) is 10.6. The molecule has 2 aromatic heterocycles. The van der Waals surface area contributed by atoms with Gasteiger partial charge in [0.25, 0.3) is 0 Å². The average Bonchev–Trinajstić information content (AvgIpc) is 3.80. The zero-order chi connectivity index (χ0) is 42.5. The van der Waals surface area contributed by atoms with Gasteiger partial charge in [0.2, 0.25) is 23.6 Å². The van der Waals surface area contributed by atoms with Gasteiger partial charge in [0, 0.05) is 49.7 Å². The Morgan fingerprint density at radius 3 is 2.46 bits per heavy atom. The molecule has 0 saturated carbocycles. The van der Waals surface area contributed by atoms with Crippen molar-refractivity contribution in [1.82, 2.24) is 36.0 Å². The van der Waals surface area contributed by atoms with Gasteiger partial charge in [-0.25, -0.2) is 4.98 Å². The fourth-order valence-corrected chi connectivity index (χ4v) is 8.08. The number of aryl methyl sites for hydroxylation is 1. The van der Waals surface area contributed by atoms with Gasteiger partial charge >= 0.3 is 0 Å². The molecular weight excluding hydrogens is 773 g/mol. The number of β-amino-alcohol motifs (C(OH)–C–C–N with tert-alkyl or cyclic N) is 1. The normalized spacial score (nSPS) is 19.3. The summed E-state index contributed by atoms with van der Waals surface area (Å²) < 4.78 is 5.93. The molecule has 6 rings (SSSR count). The van der Waals surface area contributed by atoms with Crippen LogP contribution in [0.4, 0.5) is 5.82 Å². The number of para-hydroxylation sites is 1. The Hall–Kier alpha value is -5.87. The number of carbonyl (C=O) groups is 4. The Labute approximate surface area is 347 Å². The van der Waals surface area contributed by atoms with Crippen molar-refractivity contribution < 1.29 is 34.1 Å². The molecule has 2 aromatic carbocycles. The molecule has 1 saturated heterocycles. The number of nitrogens with one attached hydrogen (secondary N) is 3. The average molecular weight is 825 g/mol. The van der Waals surface area contributed by atoms with Crippen molar-refractivity contribution in [3.05, 3.63) is 83.1 Å². The van der Waals surface area contributed by atoms with Gasteiger partial charge in [-0.15, -0.1) is 21.5 Å². The van der Waals surface area contributed by atoms with E-state index in [1.165, 1.54) is 4.90 Å². The van der Waals surface area contributed by atoms with E-state index in [-0.39, 0.29) is 55.2 Å². The maximum absolute atomic E-state index is 14.0. The van der Waals surface area contributed by atoms with Crippen LogP contribution >= 0.6 is 11.3 Å². The molecule has 4 amide bonds. The van der Waals surface area contributed by atoms with Crippen LogP contribution in [0.3, 0.4) is 0 Å². The number of nitrogen functional groups attached to an aromatic ring is 1. The summed E-state index contributed by atoms with van der Waals surface area (Å²) >= 11 is 1.56. The number of allylic oxidation sites excluding steroid dienone is 2. The second kappa shape index (κ2) is 18.0. The highest BCUT2D eigenvalue weighted by Gasteiger charge is 2.44. The van der Waals surface area contributed by atoms with Gasteiger partial charge in [-0.05, 0) is 53.9 Å². The van der Waals surface area contributed by atoms with Crippen LogP contribution in [0.5, 0.6) is 11.5 Å². The molecule has 4 aromatic rings. The number of aliphatic hydroxyl groups excluding tert-OH is 1. The molecule has 4 atom stereocenters. The molecule has 312 valence electrons. The van der Waals surface area contributed by atoms with Crippen molar-refractivity contribution >= 4 is 40.8 Å². The number of aliphatic hydroxyl groups is 1. The van der Waals surface area contributed by atoms with Crippen molar-refractivity contribution in [2.45, 2.75) is 91.5 Å². The van der Waals surface area contributed by atoms with Crippen LogP contribution in [0, 0.1) is 17.8 Å². The third-order valence-corrected chi connectivity index (χ3v) is 11.6. The molecule has 0 spiro atoms. The highest BCUT2D eigenvalue weighted by Crippen LogP contribution is 2.41. The van der Waals surface area contributed by atoms with Crippen LogP contribution in [0.1, 0.15) is 71.1 Å². The maximum atomic E-state index is 14.0. The Balaban J connectivity index is 0.959. The molecule has 1 unspecified atom stereocenters. The molecular formula is C43H52N8O7S. The molecule has 2 aliphatic rings. The number of likely N-dealkylation sites (tertiary alicyclic amines) is 1. The van der Waals surface area contributed by atoms with E-state index < -0.39 is 41.3 Å². The van der Waals surface area contributed by atoms with E-state index >= 15 is 0 Å². The van der Waals surface area contributed by atoms with E-state index in [0.717, 1.165) is 27.4 Å². The molecule has 0 radical (unpaired) electrons. The molecule has 15 nitrogen and oxygen atoms in total. The highest BCUT2D eigenvalue weighted by molar-refractivity contribution is 7.13. The number of nitrogens with zero attached hydrogens (tertiary/aromatic N) is 4. The predicted octanol–water partition coefficient (Wildman–Crippen LogP) is 4.63. The summed E-state index contributed by atoms with van der Waals surface area (Å²) in [6, 6.07) is 14.3. The highest BCUT2D eigenvalue weighted by atomic mass is 32.1. The van der Waals surface area contributed by atoms with Gasteiger partial charge in [0.15, 0.2) is 11.6 Å². The summed E-state index contributed by atoms with van der Waals surface area (Å²) in [5, 5.41) is 37.4. The summed E-state index contributed by atoms with van der Waals surface area (Å²) in [6.45, 7) is 9.95. The molecule has 1 aliphatic carbocycles. The molecule has 1 aliphatic heterocycles. The minimum atomic E-state index is -1.01. The fraction of sp³-hybridized carbons (Fsp3) is 0.419. The lowest BCUT2D eigenvalue weighted by Gasteiger charge is -2.36. The van der Waals surface area contributed by atoms with Crippen molar-refractivity contribution in [2.75, 3.05) is 18.9 Å². The molecule has 7 N–H and O–H groups in total. The number of phenolic OH excluding ortho intramolecular Hbond substituents is 1. The zero-order valence-corrected chi connectivity index (χ0v) is 34.8. The van der Waals surface area contributed by atoms with Crippen LogP contribution in [0.15, 0.2) is 71.9 Å². The van der Waals surface area contributed by atoms with Crippen molar-refractivity contribution in [3.8, 4) is 33.2 Å². The van der Waals surface area contributed by atoms with Crippen LogP contribution in [-0.4, -0.2) is 85.3 Å². The van der Waals surface area contributed by atoms with Gasteiger partial charge in [0.1, 0.15) is 23.5 Å². The lowest BCUT2D eigenvalue weighted by atomic mass is 9.73. The smallest absolute Gasteiger partial charge is 0.246 e. The largest absolute Gasteiger partial charge is 0.507 e. The van der Waals surface area contributed by atoms with Crippen molar-refractivity contribution in [3.63, 3.8) is 0 Å². The number of phenols is 1. The van der Waals surface area contributed by atoms with E-state index in [0.29, 0.717) is 36.5 Å². The van der Waals surface area contributed by atoms with E-state index in [4.69, 9.17) is 10.5 Å². The Kier molecular flexibility index (Phi) is 13.0. The summed E-state index contributed by atoms with van der Waals surface area (Å²) in [5.74, 6) is -1.12. The van der Waals surface area contributed by atoms with Gasteiger partial charge in [0.05, 0.1) is 28.8 Å². The Morgan fingerprint density at radius 2 is 1.78 bits per heavy atom. The molecule has 0 bridgehead atoms. The van der Waals surface area contributed by atoms with E-state index in [1.807, 2.05) is 65.0 Å². The minimum absolute atomic E-state index is 0.0413. The second-order valence-corrected chi connectivity index (χ2v) is 17.4. The van der Waals surface area contributed by atoms with Gasteiger partial charge < -0.3 is 41.5 Å². The topological polar surface area (TPSA) is 222 Å². The maximum Gasteiger partial charge on any atom is 0.246 e. The first kappa shape index (κ1) is 42.7. The zero-order valence-electron chi connectivity index (χ0n) is 33.9. The van der Waals surface area contributed by atoms with Gasteiger partial charge in [-0.1, -0.05) is 70.2 Å². The second-order valence-electron chi connectivity index (χ2n) is 16.6. The number of nitrogens with two attached hydrogens (primary N) is 1. The first-order chi connectivity index (χ1) is 28.0. The quantitative estimate of drug-likeness (QED) is 0.0970. The van der Waals surface area contributed by atoms with E-state index in [9.17, 15) is 29.4 Å². The summed E-state index contributed by atoms with van der Waals surface area (Å²) in [7, 11) is 0. The number of thiazole rings is 1. The number of rotatable bonds is 15. The summed E-state index contributed by atoms with van der Waals surface area (Å²) in [4.78, 5) is 60.2. The predicted molar refractivity (Wildman–Crippen MR) is 223 cm³/mol. The van der Waals surface area contributed by atoms with E-state index in [2.05, 4.69) is 31.1 Å². The summed E-state index contributed by atoms with van der Waals surface area (Å²) in [5.41, 5.74) is 11.4. The summed E-state index contributed by atoms with van der Waals surface area (Å²) in [6.07, 6.45) is 2.12. The first-order valence-corrected chi connectivity index (χ1v) is 20.5. The molecule has 1 fully saturated rings. The van der Waals surface area contributed by atoms with E-state index in [1.54, 1.807) is 47.2 Å². The number of ether oxygens (including phenoxy) is 1. The number of carbonyl (C=O) groups excluding carboxylic acids is 4. The first-order valence-electron chi connectivity index (χ1n) is 19.6. The van der Waals surface area contributed by atoms with Gasteiger partial charge in [-0.2, -0.15) is 0 Å². The lowest BCUT2D eigenvalue weighted by molar-refractivity contribution is -0.144. The number of hydrogen-bond donors (Lipinski definition) is 6. The third kappa shape index (κ3) is 10.6. The Bertz CT molecular complexity index is 2220. The van der Waals surface area contributed by atoms with Crippen LogP contribution < -0.4 is 26.4 Å². The molecule has 59 heavy (non-hydrogen) atoms. The number of aromatic nitrogens is 3. The monoisotopic (exact) mass is 824 g/mol. The lowest BCUT2D eigenvalue weighted by Crippen LogP contribution is -2.57.